The van der Waals surface area contributed by atoms with Gasteiger partial charge in [-0.3, -0.25) is 0 Å². The van der Waals surface area contributed by atoms with Gasteiger partial charge in [0, 0.05) is 31.2 Å². The van der Waals surface area contributed by atoms with E-state index in [1.807, 2.05) is 12.3 Å². The molecule has 0 fully saturated rings. The van der Waals surface area contributed by atoms with E-state index in [0.717, 1.165) is 24.7 Å². The van der Waals surface area contributed by atoms with Crippen LogP contribution in [0.1, 0.15) is 38.1 Å². The van der Waals surface area contributed by atoms with E-state index < -0.39 is 0 Å². The van der Waals surface area contributed by atoms with Crippen LogP contribution in [-0.2, 0) is 6.54 Å². The molecule has 4 heteroatoms. The van der Waals surface area contributed by atoms with Gasteiger partial charge in [0.1, 0.15) is 11.6 Å². The van der Waals surface area contributed by atoms with Crippen molar-refractivity contribution in [2.24, 2.45) is 0 Å². The molecule has 1 aromatic carbocycles. The van der Waals surface area contributed by atoms with Crippen LogP contribution < -0.4 is 5.32 Å². The molecule has 2 rings (SSSR count). The fourth-order valence-corrected chi connectivity index (χ4v) is 2.46. The molecule has 22 heavy (non-hydrogen) atoms. The first-order valence-corrected chi connectivity index (χ1v) is 7.86. The molecule has 4 nitrogen and oxygen atoms in total. The van der Waals surface area contributed by atoms with Crippen LogP contribution >= 0.6 is 0 Å². The minimum absolute atomic E-state index is 0.323. The lowest BCUT2D eigenvalue weighted by Gasteiger charge is -2.22. The topological polar surface area (TPSA) is 41.0 Å². The van der Waals surface area contributed by atoms with Crippen molar-refractivity contribution in [3.63, 3.8) is 0 Å². The summed E-state index contributed by atoms with van der Waals surface area (Å²) in [4.78, 5) is 11.2. The van der Waals surface area contributed by atoms with Gasteiger partial charge in [-0.25, -0.2) is 9.97 Å². The lowest BCUT2D eigenvalue weighted by molar-refractivity contribution is 0.316. The maximum atomic E-state index is 4.56. The predicted octanol–water partition coefficient (Wildman–Crippen LogP) is 3.53. The van der Waals surface area contributed by atoms with Crippen LogP contribution in [0, 0.1) is 0 Å². The Kier molecular flexibility index (Phi) is 5.90. The van der Waals surface area contributed by atoms with E-state index >= 15 is 0 Å². The predicted molar refractivity (Wildman–Crippen MR) is 92.0 cm³/mol. The molecule has 0 saturated carbocycles. The van der Waals surface area contributed by atoms with E-state index in [-0.39, 0.29) is 0 Å². The van der Waals surface area contributed by atoms with Gasteiger partial charge in [-0.2, -0.15) is 0 Å². The SMILES string of the molecule is CC(CN(C)Cc1ccccc1)Nc1ccnc(C(C)C)n1. The largest absolute Gasteiger partial charge is 0.366 e. The highest BCUT2D eigenvalue weighted by atomic mass is 15.1. The van der Waals surface area contributed by atoms with E-state index in [0.29, 0.717) is 12.0 Å². The monoisotopic (exact) mass is 298 g/mol. The van der Waals surface area contributed by atoms with E-state index in [9.17, 15) is 0 Å². The van der Waals surface area contributed by atoms with Crippen molar-refractivity contribution in [3.8, 4) is 0 Å². The van der Waals surface area contributed by atoms with Crippen LogP contribution in [0.5, 0.6) is 0 Å². The fraction of sp³-hybridized carbons (Fsp3) is 0.444. The summed E-state index contributed by atoms with van der Waals surface area (Å²) in [5, 5.41) is 3.46. The molecule has 0 aliphatic rings. The Morgan fingerprint density at radius 2 is 1.82 bits per heavy atom. The summed E-state index contributed by atoms with van der Waals surface area (Å²) in [7, 11) is 2.14. The zero-order valence-corrected chi connectivity index (χ0v) is 14.0. The van der Waals surface area contributed by atoms with Gasteiger partial charge in [-0.15, -0.1) is 0 Å². The second-order valence-corrected chi connectivity index (χ2v) is 6.18. The molecule has 0 radical (unpaired) electrons. The van der Waals surface area contributed by atoms with Crippen molar-refractivity contribution in [3.05, 3.63) is 54.0 Å². The average Bonchev–Trinajstić information content (AvgIpc) is 2.48. The summed E-state index contributed by atoms with van der Waals surface area (Å²) in [6, 6.07) is 12.8. The molecule has 1 unspecified atom stereocenters. The quantitative estimate of drug-likeness (QED) is 0.849. The molecule has 0 aliphatic heterocycles. The molecule has 2 aromatic rings. The van der Waals surface area contributed by atoms with Crippen LogP contribution in [0.3, 0.4) is 0 Å². The van der Waals surface area contributed by atoms with E-state index in [1.54, 1.807) is 0 Å². The first-order valence-electron chi connectivity index (χ1n) is 7.86. The van der Waals surface area contributed by atoms with Crippen molar-refractivity contribution >= 4 is 5.82 Å². The number of rotatable bonds is 7. The Morgan fingerprint density at radius 1 is 1.09 bits per heavy atom. The molecule has 1 heterocycles. The van der Waals surface area contributed by atoms with E-state index in [4.69, 9.17) is 0 Å². The Morgan fingerprint density at radius 3 is 2.50 bits per heavy atom. The fourth-order valence-electron chi connectivity index (χ4n) is 2.46. The molecular formula is C18H26N4. The lowest BCUT2D eigenvalue weighted by Crippen LogP contribution is -2.32. The zero-order valence-electron chi connectivity index (χ0n) is 14.0. The number of benzene rings is 1. The van der Waals surface area contributed by atoms with Crippen LogP contribution in [0.25, 0.3) is 0 Å². The summed E-state index contributed by atoms with van der Waals surface area (Å²) >= 11 is 0. The number of hydrogen-bond donors (Lipinski definition) is 1. The summed E-state index contributed by atoms with van der Waals surface area (Å²) < 4.78 is 0. The number of hydrogen-bond acceptors (Lipinski definition) is 4. The third-order valence-electron chi connectivity index (χ3n) is 3.47. The van der Waals surface area contributed by atoms with Crippen LogP contribution in [0.2, 0.25) is 0 Å². The van der Waals surface area contributed by atoms with Gasteiger partial charge in [-0.05, 0) is 25.6 Å². The van der Waals surface area contributed by atoms with Gasteiger partial charge in [0.2, 0.25) is 0 Å². The number of likely N-dealkylation sites (N-methyl/N-ethyl adjacent to an activating group) is 1. The molecule has 0 saturated heterocycles. The van der Waals surface area contributed by atoms with Crippen molar-refractivity contribution in [1.82, 2.24) is 14.9 Å². The summed E-state index contributed by atoms with van der Waals surface area (Å²) in [5.41, 5.74) is 1.33. The van der Waals surface area contributed by atoms with Gasteiger partial charge in [-0.1, -0.05) is 44.2 Å². The maximum absolute atomic E-state index is 4.56. The highest BCUT2D eigenvalue weighted by Crippen LogP contribution is 2.12. The zero-order chi connectivity index (χ0) is 15.9. The highest BCUT2D eigenvalue weighted by Gasteiger charge is 2.09. The van der Waals surface area contributed by atoms with Gasteiger partial charge >= 0.3 is 0 Å². The van der Waals surface area contributed by atoms with Crippen LogP contribution in [0.15, 0.2) is 42.6 Å². The Hall–Kier alpha value is -1.94. The third-order valence-corrected chi connectivity index (χ3v) is 3.47. The minimum Gasteiger partial charge on any atom is -0.366 e. The Labute approximate surface area is 133 Å². The molecule has 0 aliphatic carbocycles. The second-order valence-electron chi connectivity index (χ2n) is 6.18. The number of nitrogens with one attached hydrogen (secondary N) is 1. The molecule has 1 aromatic heterocycles. The first kappa shape index (κ1) is 16.4. The number of nitrogens with zero attached hydrogens (tertiary/aromatic N) is 3. The summed E-state index contributed by atoms with van der Waals surface area (Å²) in [6.07, 6.45) is 1.82. The minimum atomic E-state index is 0.323. The lowest BCUT2D eigenvalue weighted by atomic mass is 10.2. The van der Waals surface area contributed by atoms with Gasteiger partial charge in [0.15, 0.2) is 0 Å². The third kappa shape index (κ3) is 5.11. The van der Waals surface area contributed by atoms with Crippen molar-refractivity contribution in [1.29, 1.82) is 0 Å². The Balaban J connectivity index is 1.87. The second kappa shape index (κ2) is 7.90. The van der Waals surface area contributed by atoms with E-state index in [1.165, 1.54) is 5.56 Å². The number of anilines is 1. The van der Waals surface area contributed by atoms with Crippen molar-refractivity contribution in [2.45, 2.75) is 39.3 Å². The molecule has 1 atom stereocenters. The van der Waals surface area contributed by atoms with Crippen molar-refractivity contribution < 1.29 is 0 Å². The van der Waals surface area contributed by atoms with E-state index in [2.05, 4.69) is 78.3 Å². The van der Waals surface area contributed by atoms with Crippen LogP contribution in [-0.4, -0.2) is 34.5 Å². The number of aromatic nitrogens is 2. The van der Waals surface area contributed by atoms with Gasteiger partial charge in [0.25, 0.3) is 0 Å². The molecule has 1 N–H and O–H groups in total. The standard InChI is InChI=1S/C18H26N4/c1-14(2)18-19-11-10-17(21-18)20-15(3)12-22(4)13-16-8-6-5-7-9-16/h5-11,14-15H,12-13H2,1-4H3,(H,19,20,21). The maximum Gasteiger partial charge on any atom is 0.133 e. The molecular weight excluding hydrogens is 272 g/mol. The van der Waals surface area contributed by atoms with Crippen molar-refractivity contribution in [2.75, 3.05) is 18.9 Å². The highest BCUT2D eigenvalue weighted by molar-refractivity contribution is 5.34. The summed E-state index contributed by atoms with van der Waals surface area (Å²) in [5.74, 6) is 2.13. The summed E-state index contributed by atoms with van der Waals surface area (Å²) in [6.45, 7) is 8.30. The molecule has 118 valence electrons. The Bertz CT molecular complexity index is 568. The normalized spacial score (nSPS) is 12.6. The first-order chi connectivity index (χ1) is 10.5. The molecule has 0 amide bonds. The molecule has 0 bridgehead atoms. The average molecular weight is 298 g/mol. The van der Waals surface area contributed by atoms with Gasteiger partial charge in [0.05, 0.1) is 0 Å². The van der Waals surface area contributed by atoms with Gasteiger partial charge < -0.3 is 10.2 Å². The smallest absolute Gasteiger partial charge is 0.133 e. The van der Waals surface area contributed by atoms with Crippen LogP contribution in [0.4, 0.5) is 5.82 Å². The molecule has 0 spiro atoms.